The zero-order valence-corrected chi connectivity index (χ0v) is 19.2. The molecular formula is C22H27ClN4O2S. The molecule has 0 fully saturated rings. The van der Waals surface area contributed by atoms with Crippen LogP contribution in [0.3, 0.4) is 0 Å². The highest BCUT2D eigenvalue weighted by molar-refractivity contribution is 7.71. The van der Waals surface area contributed by atoms with E-state index in [4.69, 9.17) is 33.3 Å². The second-order valence-electron chi connectivity index (χ2n) is 7.35. The summed E-state index contributed by atoms with van der Waals surface area (Å²) in [5, 5.41) is 5.40. The maximum atomic E-state index is 12.6. The van der Waals surface area contributed by atoms with Gasteiger partial charge in [0.05, 0.1) is 13.1 Å². The van der Waals surface area contributed by atoms with Crippen LogP contribution >= 0.6 is 23.8 Å². The molecule has 2 heterocycles. The van der Waals surface area contributed by atoms with E-state index in [2.05, 4.69) is 6.92 Å². The molecule has 8 heteroatoms. The second kappa shape index (κ2) is 10.1. The number of unbranched alkanes of at least 4 members (excludes halogenated alkanes) is 1. The van der Waals surface area contributed by atoms with Gasteiger partial charge in [0.2, 0.25) is 5.91 Å². The van der Waals surface area contributed by atoms with Crippen LogP contribution in [0.5, 0.6) is 0 Å². The average Bonchev–Trinajstić information content (AvgIpc) is 3.27. The lowest BCUT2D eigenvalue weighted by molar-refractivity contribution is -0.130. The van der Waals surface area contributed by atoms with Gasteiger partial charge in [0.1, 0.15) is 11.5 Å². The van der Waals surface area contributed by atoms with Crippen LogP contribution in [0.4, 0.5) is 0 Å². The van der Waals surface area contributed by atoms with E-state index in [-0.39, 0.29) is 5.91 Å². The highest BCUT2D eigenvalue weighted by Crippen LogP contribution is 2.22. The molecule has 30 heavy (non-hydrogen) atoms. The number of furan rings is 1. The predicted octanol–water partition coefficient (Wildman–Crippen LogP) is 5.48. The Bertz CT molecular complexity index is 1050. The van der Waals surface area contributed by atoms with Gasteiger partial charge in [-0.2, -0.15) is 5.10 Å². The summed E-state index contributed by atoms with van der Waals surface area (Å²) in [7, 11) is 1.78. The minimum Gasteiger partial charge on any atom is -0.464 e. The van der Waals surface area contributed by atoms with Crippen LogP contribution in [0, 0.1) is 11.7 Å². The van der Waals surface area contributed by atoms with Gasteiger partial charge >= 0.3 is 0 Å². The van der Waals surface area contributed by atoms with E-state index in [9.17, 15) is 4.79 Å². The largest absolute Gasteiger partial charge is 0.464 e. The predicted molar refractivity (Wildman–Crippen MR) is 121 cm³/mol. The first-order valence-corrected chi connectivity index (χ1v) is 10.9. The molecule has 3 rings (SSSR count). The molecule has 0 aliphatic carbocycles. The highest BCUT2D eigenvalue weighted by Gasteiger charge is 2.16. The van der Waals surface area contributed by atoms with Crippen LogP contribution in [-0.2, 0) is 24.4 Å². The van der Waals surface area contributed by atoms with E-state index in [1.165, 1.54) is 0 Å². The number of halogens is 1. The molecule has 0 radical (unpaired) electrons. The first-order valence-electron chi connectivity index (χ1n) is 10.1. The van der Waals surface area contributed by atoms with Gasteiger partial charge in [0, 0.05) is 30.6 Å². The lowest BCUT2D eigenvalue weighted by atomic mass is 10.2. The molecule has 0 N–H and O–H groups in total. The third-order valence-electron chi connectivity index (χ3n) is 4.91. The Balaban J connectivity index is 1.74. The minimum atomic E-state index is 0.0158. The molecule has 1 aromatic carbocycles. The molecular weight excluding hydrogens is 420 g/mol. The molecule has 0 saturated heterocycles. The number of hydrogen-bond acceptors (Lipinski definition) is 4. The van der Waals surface area contributed by atoms with E-state index in [1.54, 1.807) is 16.6 Å². The van der Waals surface area contributed by atoms with E-state index < -0.39 is 0 Å². The van der Waals surface area contributed by atoms with Gasteiger partial charge in [0.25, 0.3) is 0 Å². The van der Waals surface area contributed by atoms with E-state index in [0.717, 1.165) is 42.3 Å². The van der Waals surface area contributed by atoms with Crippen molar-refractivity contribution in [2.75, 3.05) is 7.05 Å². The third-order valence-corrected chi connectivity index (χ3v) is 5.60. The Morgan fingerprint density at radius 3 is 2.57 bits per heavy atom. The standard InChI is InChI=1S/C22H27ClN4O2S/c1-4-5-13-26-21(17-7-9-18(23)10-8-17)24-27(22(26)30)14-12-20(28)25(3)15-19-11-6-16(2)29-19/h6-11H,4-5,12-15H2,1-3H3. The molecule has 3 aromatic rings. The summed E-state index contributed by atoms with van der Waals surface area (Å²) in [6.45, 7) is 5.70. The minimum absolute atomic E-state index is 0.0158. The first-order chi connectivity index (χ1) is 14.4. The maximum absolute atomic E-state index is 12.6. The molecule has 0 aliphatic rings. The molecule has 0 unspecified atom stereocenters. The zero-order valence-electron chi connectivity index (χ0n) is 17.6. The van der Waals surface area contributed by atoms with Crippen molar-refractivity contribution in [3.8, 4) is 11.4 Å². The fraction of sp³-hybridized carbons (Fsp3) is 0.409. The Kier molecular flexibility index (Phi) is 7.50. The molecule has 160 valence electrons. The monoisotopic (exact) mass is 446 g/mol. The molecule has 0 bridgehead atoms. The van der Waals surface area contributed by atoms with Gasteiger partial charge in [-0.25, -0.2) is 4.68 Å². The third kappa shape index (κ3) is 5.40. The van der Waals surface area contributed by atoms with Gasteiger partial charge in [-0.3, -0.25) is 9.36 Å². The fourth-order valence-electron chi connectivity index (χ4n) is 3.20. The summed E-state index contributed by atoms with van der Waals surface area (Å²) in [6, 6.07) is 11.4. The number of hydrogen-bond donors (Lipinski definition) is 0. The Labute approximate surface area is 187 Å². The van der Waals surface area contributed by atoms with Gasteiger partial charge in [-0.05, 0) is 62.0 Å². The quantitative estimate of drug-likeness (QED) is 0.408. The average molecular weight is 447 g/mol. The fourth-order valence-corrected chi connectivity index (χ4v) is 3.64. The highest BCUT2D eigenvalue weighted by atomic mass is 35.5. The van der Waals surface area contributed by atoms with Crippen molar-refractivity contribution in [1.29, 1.82) is 0 Å². The Morgan fingerprint density at radius 1 is 1.20 bits per heavy atom. The van der Waals surface area contributed by atoms with Crippen molar-refractivity contribution >= 4 is 29.7 Å². The number of amides is 1. The van der Waals surface area contributed by atoms with Gasteiger partial charge in [-0.1, -0.05) is 24.9 Å². The SMILES string of the molecule is CCCCn1c(-c2ccc(Cl)cc2)nn(CCC(=O)N(C)Cc2ccc(C)o2)c1=S. The van der Waals surface area contributed by atoms with Crippen LogP contribution in [0.2, 0.25) is 5.02 Å². The molecule has 6 nitrogen and oxygen atoms in total. The lowest BCUT2D eigenvalue weighted by Gasteiger charge is -2.15. The summed E-state index contributed by atoms with van der Waals surface area (Å²) in [5.41, 5.74) is 0.956. The van der Waals surface area contributed by atoms with E-state index >= 15 is 0 Å². The number of rotatable bonds is 9. The maximum Gasteiger partial charge on any atom is 0.224 e. The molecule has 0 saturated carbocycles. The van der Waals surface area contributed by atoms with Crippen molar-refractivity contribution in [1.82, 2.24) is 19.2 Å². The van der Waals surface area contributed by atoms with Crippen molar-refractivity contribution in [2.24, 2.45) is 0 Å². The number of carbonyl (C=O) groups is 1. The topological polar surface area (TPSA) is 56.2 Å². The number of benzene rings is 1. The summed E-state index contributed by atoms with van der Waals surface area (Å²) < 4.78 is 9.98. The molecule has 1 amide bonds. The summed E-state index contributed by atoms with van der Waals surface area (Å²) >= 11 is 11.7. The Hall–Kier alpha value is -2.38. The van der Waals surface area contributed by atoms with Crippen LogP contribution in [0.1, 0.15) is 37.7 Å². The zero-order chi connectivity index (χ0) is 21.7. The lowest BCUT2D eigenvalue weighted by Crippen LogP contribution is -2.27. The smallest absolute Gasteiger partial charge is 0.224 e. The number of carbonyl (C=O) groups excluding carboxylic acids is 1. The summed E-state index contributed by atoms with van der Waals surface area (Å²) in [6.07, 6.45) is 2.38. The first kappa shape index (κ1) is 22.3. The normalized spacial score (nSPS) is 11.1. The van der Waals surface area contributed by atoms with Crippen LogP contribution in [0.15, 0.2) is 40.8 Å². The Morgan fingerprint density at radius 2 is 1.93 bits per heavy atom. The van der Waals surface area contributed by atoms with Gasteiger partial charge in [0.15, 0.2) is 10.6 Å². The number of aryl methyl sites for hydroxylation is 2. The van der Waals surface area contributed by atoms with Crippen molar-refractivity contribution in [3.05, 3.63) is 57.7 Å². The second-order valence-corrected chi connectivity index (χ2v) is 8.16. The molecule has 0 spiro atoms. The van der Waals surface area contributed by atoms with Crippen LogP contribution in [0.25, 0.3) is 11.4 Å². The summed E-state index contributed by atoms with van der Waals surface area (Å²) in [5.74, 6) is 2.43. The number of aromatic nitrogens is 3. The molecule has 0 atom stereocenters. The molecule has 2 aromatic heterocycles. The van der Waals surface area contributed by atoms with Crippen LogP contribution in [-0.4, -0.2) is 32.2 Å². The number of nitrogens with zero attached hydrogens (tertiary/aromatic N) is 4. The summed E-state index contributed by atoms with van der Waals surface area (Å²) in [4.78, 5) is 14.3. The molecule has 0 aliphatic heterocycles. The van der Waals surface area contributed by atoms with Gasteiger partial charge < -0.3 is 9.32 Å². The van der Waals surface area contributed by atoms with Gasteiger partial charge in [-0.15, -0.1) is 0 Å². The van der Waals surface area contributed by atoms with E-state index in [1.807, 2.05) is 47.9 Å². The van der Waals surface area contributed by atoms with Crippen molar-refractivity contribution in [2.45, 2.75) is 52.7 Å². The van der Waals surface area contributed by atoms with E-state index in [0.29, 0.717) is 29.3 Å². The van der Waals surface area contributed by atoms with Crippen molar-refractivity contribution in [3.63, 3.8) is 0 Å². The van der Waals surface area contributed by atoms with Crippen LogP contribution < -0.4 is 0 Å². The van der Waals surface area contributed by atoms with Crippen molar-refractivity contribution < 1.29 is 9.21 Å².